The molecule has 0 aliphatic carbocycles. The summed E-state index contributed by atoms with van der Waals surface area (Å²) in [4.78, 5) is 0. The summed E-state index contributed by atoms with van der Waals surface area (Å²) < 4.78 is 44.6. The molecule has 10 atom stereocenters. The lowest BCUT2D eigenvalue weighted by Crippen LogP contribution is -2.46. The summed E-state index contributed by atoms with van der Waals surface area (Å²) >= 11 is 0. The number of aliphatic hydroxyl groups is 4. The molecule has 2 fully saturated rings. The highest BCUT2D eigenvalue weighted by atomic mass is 16.7. The van der Waals surface area contributed by atoms with Crippen LogP contribution in [0.15, 0.2) is 91.0 Å². The van der Waals surface area contributed by atoms with Crippen LogP contribution in [0.25, 0.3) is 0 Å². The van der Waals surface area contributed by atoms with E-state index in [4.69, 9.17) is 33.2 Å². The van der Waals surface area contributed by atoms with Crippen molar-refractivity contribution in [1.82, 2.24) is 0 Å². The van der Waals surface area contributed by atoms with Crippen molar-refractivity contribution in [2.45, 2.75) is 127 Å². The van der Waals surface area contributed by atoms with Crippen LogP contribution in [0.5, 0.6) is 0 Å². The second-order valence-corrected chi connectivity index (χ2v) is 13.5. The molecule has 0 amide bonds. The van der Waals surface area contributed by atoms with Gasteiger partial charge in [0.25, 0.3) is 0 Å². The minimum Gasteiger partial charge on any atom is -0.394 e. The van der Waals surface area contributed by atoms with E-state index in [2.05, 4.69) is 6.92 Å². The van der Waals surface area contributed by atoms with Crippen molar-refractivity contribution in [2.24, 2.45) is 0 Å². The van der Waals surface area contributed by atoms with Crippen LogP contribution in [0, 0.1) is 0 Å². The first-order valence-electron chi connectivity index (χ1n) is 18.6. The average molecular weight is 725 g/mol. The molecule has 2 heterocycles. The fraction of sp³-hybridized carbons (Fsp3) is 0.561. The molecule has 11 heteroatoms. The SMILES string of the molecule is CCCCCCCCO[C@@H]1O[C@@H](C(CO[C@@H]2O[C@@H](C(O)CO)[C@H](O)[C@H]2O)OCc2ccccc2)[C@H](OCc2ccccc2)[C@H]1OCc1ccccc1. The Bertz CT molecular complexity index is 1370. The summed E-state index contributed by atoms with van der Waals surface area (Å²) in [6, 6.07) is 29.4. The molecule has 11 nitrogen and oxygen atoms in total. The number of benzene rings is 3. The zero-order valence-electron chi connectivity index (χ0n) is 30.1. The average Bonchev–Trinajstić information content (AvgIpc) is 3.68. The first-order chi connectivity index (χ1) is 25.5. The van der Waals surface area contributed by atoms with E-state index in [1.807, 2.05) is 91.0 Å². The zero-order valence-corrected chi connectivity index (χ0v) is 30.1. The second kappa shape index (κ2) is 21.8. The van der Waals surface area contributed by atoms with Crippen molar-refractivity contribution in [1.29, 1.82) is 0 Å². The van der Waals surface area contributed by atoms with Crippen molar-refractivity contribution >= 4 is 0 Å². The molecule has 0 bridgehead atoms. The minimum absolute atomic E-state index is 0.130. The molecule has 2 saturated heterocycles. The lowest BCUT2D eigenvalue weighted by atomic mass is 10.0. The Morgan fingerprint density at radius 3 is 1.73 bits per heavy atom. The topological polar surface area (TPSA) is 146 Å². The van der Waals surface area contributed by atoms with E-state index in [0.717, 1.165) is 36.0 Å². The highest BCUT2D eigenvalue weighted by Crippen LogP contribution is 2.34. The Morgan fingerprint density at radius 1 is 0.596 bits per heavy atom. The number of rotatable bonds is 23. The predicted molar refractivity (Wildman–Crippen MR) is 193 cm³/mol. The Morgan fingerprint density at radius 2 is 1.13 bits per heavy atom. The van der Waals surface area contributed by atoms with E-state index in [-0.39, 0.29) is 19.8 Å². The first kappa shape index (κ1) is 40.4. The summed E-state index contributed by atoms with van der Waals surface area (Å²) in [5.74, 6) is 0. The fourth-order valence-electron chi connectivity index (χ4n) is 6.50. The maximum Gasteiger partial charge on any atom is 0.186 e. The highest BCUT2D eigenvalue weighted by molar-refractivity contribution is 5.15. The van der Waals surface area contributed by atoms with E-state index >= 15 is 0 Å². The number of hydrogen-bond donors (Lipinski definition) is 4. The predicted octanol–water partition coefficient (Wildman–Crippen LogP) is 4.66. The summed E-state index contributed by atoms with van der Waals surface area (Å²) in [7, 11) is 0. The van der Waals surface area contributed by atoms with Gasteiger partial charge in [0.2, 0.25) is 0 Å². The van der Waals surface area contributed by atoms with Crippen molar-refractivity contribution in [3.05, 3.63) is 108 Å². The highest BCUT2D eigenvalue weighted by Gasteiger charge is 2.52. The van der Waals surface area contributed by atoms with Gasteiger partial charge in [-0.1, -0.05) is 130 Å². The third-order valence-electron chi connectivity index (χ3n) is 9.48. The van der Waals surface area contributed by atoms with Gasteiger partial charge in [-0.25, -0.2) is 0 Å². The summed E-state index contributed by atoms with van der Waals surface area (Å²) in [5, 5.41) is 40.9. The van der Waals surface area contributed by atoms with Gasteiger partial charge in [-0.05, 0) is 23.1 Å². The molecule has 0 spiro atoms. The summed E-state index contributed by atoms with van der Waals surface area (Å²) in [5.41, 5.74) is 2.90. The number of hydrogen-bond acceptors (Lipinski definition) is 11. The minimum atomic E-state index is -1.47. The normalized spacial score (nSPS) is 27.2. The molecule has 5 rings (SSSR count). The standard InChI is InChI=1S/C41H56O11/c1-2-3-4-5-6-16-23-46-41-39(49-27-31-21-14-9-15-22-31)38(48-26-30-19-12-8-13-20-30)37(52-41)33(47-25-29-17-10-7-11-18-29)28-50-40-35(45)34(44)36(51-40)32(43)24-42/h7-15,17-22,32-45H,2-6,16,23-28H2,1H3/t32?,33?,34-,35-,36+,37+,38+,39-,40-,41-/m1/s1. The Kier molecular flexibility index (Phi) is 16.9. The maximum atomic E-state index is 10.7. The molecular formula is C41H56O11. The second-order valence-electron chi connectivity index (χ2n) is 13.5. The zero-order chi connectivity index (χ0) is 36.5. The van der Waals surface area contributed by atoms with Crippen LogP contribution in [0.4, 0.5) is 0 Å². The number of aliphatic hydroxyl groups excluding tert-OH is 4. The van der Waals surface area contributed by atoms with E-state index in [9.17, 15) is 20.4 Å². The van der Waals surface area contributed by atoms with Gasteiger partial charge in [0, 0.05) is 6.61 Å². The van der Waals surface area contributed by atoms with Crippen LogP contribution < -0.4 is 0 Å². The van der Waals surface area contributed by atoms with Crippen molar-refractivity contribution < 1.29 is 53.6 Å². The third kappa shape index (κ3) is 11.9. The molecule has 0 radical (unpaired) electrons. The number of unbranched alkanes of at least 4 members (excludes halogenated alkanes) is 5. The van der Waals surface area contributed by atoms with Crippen molar-refractivity contribution in [2.75, 3.05) is 19.8 Å². The number of ether oxygens (including phenoxy) is 7. The molecule has 286 valence electrons. The van der Waals surface area contributed by atoms with Gasteiger partial charge in [-0.2, -0.15) is 0 Å². The quantitative estimate of drug-likeness (QED) is 0.101. The van der Waals surface area contributed by atoms with E-state index < -0.39 is 68.0 Å². The van der Waals surface area contributed by atoms with Gasteiger partial charge in [-0.15, -0.1) is 0 Å². The van der Waals surface area contributed by atoms with Gasteiger partial charge >= 0.3 is 0 Å². The lowest BCUT2D eigenvalue weighted by Gasteiger charge is -2.30. The van der Waals surface area contributed by atoms with Gasteiger partial charge in [0.05, 0.1) is 33.0 Å². The molecule has 4 N–H and O–H groups in total. The monoisotopic (exact) mass is 724 g/mol. The first-order valence-corrected chi connectivity index (χ1v) is 18.6. The maximum absolute atomic E-state index is 10.7. The van der Waals surface area contributed by atoms with Gasteiger partial charge < -0.3 is 53.6 Å². The van der Waals surface area contributed by atoms with E-state index in [1.165, 1.54) is 19.3 Å². The molecule has 2 aliphatic heterocycles. The molecule has 0 saturated carbocycles. The van der Waals surface area contributed by atoms with Crippen LogP contribution in [-0.2, 0) is 53.0 Å². The lowest BCUT2D eigenvalue weighted by molar-refractivity contribution is -0.222. The van der Waals surface area contributed by atoms with Crippen LogP contribution in [-0.4, -0.2) is 102 Å². The fourth-order valence-corrected chi connectivity index (χ4v) is 6.50. The van der Waals surface area contributed by atoms with Crippen molar-refractivity contribution in [3.63, 3.8) is 0 Å². The van der Waals surface area contributed by atoms with Crippen LogP contribution in [0.1, 0.15) is 62.1 Å². The van der Waals surface area contributed by atoms with Crippen LogP contribution in [0.2, 0.25) is 0 Å². The molecule has 3 aromatic rings. The molecule has 2 unspecified atom stereocenters. The van der Waals surface area contributed by atoms with Gasteiger partial charge in [0.15, 0.2) is 12.6 Å². The molecule has 52 heavy (non-hydrogen) atoms. The van der Waals surface area contributed by atoms with Crippen LogP contribution >= 0.6 is 0 Å². The Hall–Kier alpha value is -2.78. The van der Waals surface area contributed by atoms with Gasteiger partial charge in [-0.3, -0.25) is 0 Å². The Labute approximate surface area is 307 Å². The Balaban J connectivity index is 1.38. The summed E-state index contributed by atoms with van der Waals surface area (Å²) in [6.07, 6.45) is -3.73. The molecular weight excluding hydrogens is 668 g/mol. The largest absolute Gasteiger partial charge is 0.394 e. The van der Waals surface area contributed by atoms with Crippen molar-refractivity contribution in [3.8, 4) is 0 Å². The van der Waals surface area contributed by atoms with E-state index in [0.29, 0.717) is 13.2 Å². The third-order valence-corrected chi connectivity index (χ3v) is 9.48. The molecule has 3 aromatic carbocycles. The smallest absolute Gasteiger partial charge is 0.186 e. The molecule has 2 aliphatic rings. The summed E-state index contributed by atoms with van der Waals surface area (Å²) in [6.45, 7) is 2.73. The van der Waals surface area contributed by atoms with E-state index in [1.54, 1.807) is 0 Å². The molecule has 0 aromatic heterocycles. The van der Waals surface area contributed by atoms with Crippen LogP contribution in [0.3, 0.4) is 0 Å². The van der Waals surface area contributed by atoms with Gasteiger partial charge in [0.1, 0.15) is 48.8 Å².